The lowest BCUT2D eigenvalue weighted by Crippen LogP contribution is -3.19. The zero-order valence-electron chi connectivity index (χ0n) is 16.5. The van der Waals surface area contributed by atoms with Gasteiger partial charge < -0.3 is 9.64 Å². The highest BCUT2D eigenvalue weighted by Gasteiger charge is 2.36. The van der Waals surface area contributed by atoms with Crippen LogP contribution in [0.25, 0.3) is 0 Å². The molecule has 1 aliphatic rings. The zero-order chi connectivity index (χ0) is 20.4. The lowest BCUT2D eigenvalue weighted by molar-refractivity contribution is -0.917. The summed E-state index contributed by atoms with van der Waals surface area (Å²) in [7, 11) is -2.39. The summed E-state index contributed by atoms with van der Waals surface area (Å²) in [5.41, 5.74) is 2.52. The molecule has 0 saturated carbocycles. The zero-order valence-corrected chi connectivity index (χ0v) is 17.3. The summed E-state index contributed by atoms with van der Waals surface area (Å²) in [6, 6.07) is 3.28. The van der Waals surface area contributed by atoms with Crippen LogP contribution in [-0.4, -0.2) is 64.1 Å². The number of quaternary nitrogens is 1. The molecule has 1 saturated heterocycles. The Morgan fingerprint density at radius 2 is 1.67 bits per heavy atom. The number of nitrogens with one attached hydrogen (secondary N) is 2. The van der Waals surface area contributed by atoms with Gasteiger partial charge in [-0.1, -0.05) is 17.7 Å². The number of rotatable bonds is 4. The minimum Gasteiger partial charge on any atom is -0.453 e. The van der Waals surface area contributed by atoms with Crippen molar-refractivity contribution in [1.82, 2.24) is 9.62 Å². The number of alkyl carbamates (subject to hydrolysis) is 1. The van der Waals surface area contributed by atoms with E-state index in [1.807, 2.05) is 32.9 Å². The molecular formula is C18H28N3O5S+. The van der Waals surface area contributed by atoms with Crippen molar-refractivity contribution in [2.45, 2.75) is 38.6 Å². The highest BCUT2D eigenvalue weighted by Crippen LogP contribution is 2.25. The summed E-state index contributed by atoms with van der Waals surface area (Å²) in [4.78, 5) is 24.6. The maximum atomic E-state index is 13.1. The average molecular weight is 399 g/mol. The number of amides is 2. The fourth-order valence-electron chi connectivity index (χ4n) is 3.59. The molecule has 2 N–H and O–H groups in total. The van der Waals surface area contributed by atoms with Crippen LogP contribution < -0.4 is 10.2 Å². The number of carbonyl (C=O) groups excluding carboxylic acids is 2. The molecular weight excluding hydrogens is 370 g/mol. The lowest BCUT2D eigenvalue weighted by atomic mass is 10.1. The molecule has 0 aromatic heterocycles. The van der Waals surface area contributed by atoms with Crippen molar-refractivity contribution >= 4 is 22.0 Å². The number of hydrogen-bond donors (Lipinski definition) is 2. The largest absolute Gasteiger partial charge is 0.453 e. The van der Waals surface area contributed by atoms with E-state index in [1.54, 1.807) is 6.92 Å². The summed E-state index contributed by atoms with van der Waals surface area (Å²) < 4.78 is 32.1. The molecule has 2 rings (SSSR count). The van der Waals surface area contributed by atoms with Gasteiger partial charge in [0, 0.05) is 0 Å². The van der Waals surface area contributed by atoms with Crippen LogP contribution >= 0.6 is 0 Å². The van der Waals surface area contributed by atoms with E-state index >= 15 is 0 Å². The first kappa shape index (κ1) is 21.3. The van der Waals surface area contributed by atoms with Gasteiger partial charge in [0.05, 0.1) is 38.2 Å². The summed E-state index contributed by atoms with van der Waals surface area (Å²) in [5.74, 6) is -0.432. The summed E-state index contributed by atoms with van der Waals surface area (Å²) in [5, 5.41) is 2.16. The van der Waals surface area contributed by atoms with Gasteiger partial charge in [0.25, 0.3) is 5.91 Å². The molecule has 0 unspecified atom stereocenters. The monoisotopic (exact) mass is 398 g/mol. The fourth-order valence-corrected chi connectivity index (χ4v) is 5.45. The molecule has 0 spiro atoms. The number of sulfonamides is 1. The predicted molar refractivity (Wildman–Crippen MR) is 100 cm³/mol. The van der Waals surface area contributed by atoms with Gasteiger partial charge in [-0.3, -0.25) is 10.1 Å². The van der Waals surface area contributed by atoms with Crippen molar-refractivity contribution < 1.29 is 27.6 Å². The van der Waals surface area contributed by atoms with Gasteiger partial charge in [-0.25, -0.2) is 13.2 Å². The topological polar surface area (TPSA) is 97.2 Å². The van der Waals surface area contributed by atoms with E-state index in [2.05, 4.69) is 10.1 Å². The van der Waals surface area contributed by atoms with Crippen molar-refractivity contribution in [3.05, 3.63) is 28.8 Å². The van der Waals surface area contributed by atoms with Crippen LogP contribution in [0.15, 0.2) is 17.0 Å². The molecule has 1 aromatic carbocycles. The van der Waals surface area contributed by atoms with Gasteiger partial charge in [-0.15, -0.1) is 0 Å². The minimum absolute atomic E-state index is 0.320. The molecule has 0 aliphatic carbocycles. The van der Waals surface area contributed by atoms with Gasteiger partial charge in [0.2, 0.25) is 10.0 Å². The molecule has 2 amide bonds. The number of methoxy groups -OCH3 is 1. The van der Waals surface area contributed by atoms with Crippen LogP contribution in [0.4, 0.5) is 4.79 Å². The van der Waals surface area contributed by atoms with E-state index in [9.17, 15) is 18.0 Å². The number of ether oxygens (including phenoxy) is 1. The Bertz CT molecular complexity index is 806. The third-order valence-electron chi connectivity index (χ3n) is 4.98. The van der Waals surface area contributed by atoms with Gasteiger partial charge in [0.15, 0.2) is 6.04 Å². The molecule has 0 radical (unpaired) electrons. The molecule has 1 heterocycles. The van der Waals surface area contributed by atoms with Crippen molar-refractivity contribution in [3.8, 4) is 0 Å². The number of carbonyl (C=O) groups is 2. The van der Waals surface area contributed by atoms with E-state index in [-0.39, 0.29) is 0 Å². The summed E-state index contributed by atoms with van der Waals surface area (Å²) >= 11 is 0. The van der Waals surface area contributed by atoms with E-state index in [0.717, 1.165) is 21.6 Å². The number of nitrogens with zero attached hydrogens (tertiary/aromatic N) is 1. The smallest absolute Gasteiger partial charge is 0.413 e. The van der Waals surface area contributed by atoms with Gasteiger partial charge in [-0.05, 0) is 38.8 Å². The number of piperazine rings is 1. The van der Waals surface area contributed by atoms with Crippen LogP contribution in [-0.2, 0) is 19.6 Å². The van der Waals surface area contributed by atoms with Crippen molar-refractivity contribution in [2.75, 3.05) is 33.3 Å². The van der Waals surface area contributed by atoms with Crippen molar-refractivity contribution in [1.29, 1.82) is 0 Å². The Labute approximate surface area is 160 Å². The molecule has 9 heteroatoms. The maximum Gasteiger partial charge on any atom is 0.413 e. The number of hydrogen-bond acceptors (Lipinski definition) is 5. The highest BCUT2D eigenvalue weighted by atomic mass is 32.2. The second kappa shape index (κ2) is 8.37. The normalized spacial score (nSPS) is 17.4. The minimum atomic E-state index is -3.59. The van der Waals surface area contributed by atoms with Gasteiger partial charge in [0.1, 0.15) is 0 Å². The van der Waals surface area contributed by atoms with Crippen LogP contribution in [0, 0.1) is 20.8 Å². The van der Waals surface area contributed by atoms with Crippen LogP contribution in [0.5, 0.6) is 0 Å². The average Bonchev–Trinajstić information content (AvgIpc) is 2.59. The SMILES string of the molecule is COC(=O)NC(=O)[C@H](C)[NH+]1CCN(S(=O)(=O)c2c(C)cc(C)cc2C)CC1. The van der Waals surface area contributed by atoms with Gasteiger partial charge in [-0.2, -0.15) is 4.31 Å². The molecule has 27 heavy (non-hydrogen) atoms. The second-order valence-corrected chi connectivity index (χ2v) is 8.87. The predicted octanol–water partition coefficient (Wildman–Crippen LogP) is -0.228. The lowest BCUT2D eigenvalue weighted by Gasteiger charge is -2.34. The van der Waals surface area contributed by atoms with E-state index in [4.69, 9.17) is 0 Å². The fraction of sp³-hybridized carbons (Fsp3) is 0.556. The van der Waals surface area contributed by atoms with Gasteiger partial charge >= 0.3 is 6.09 Å². The second-order valence-electron chi connectivity index (χ2n) is 6.99. The number of imide groups is 1. The summed E-state index contributed by atoms with van der Waals surface area (Å²) in [6.45, 7) is 8.89. The van der Waals surface area contributed by atoms with Crippen molar-refractivity contribution in [3.63, 3.8) is 0 Å². The molecule has 1 atom stereocenters. The number of benzene rings is 1. The third kappa shape index (κ3) is 4.66. The first-order chi connectivity index (χ1) is 12.6. The maximum absolute atomic E-state index is 13.1. The summed E-state index contributed by atoms with van der Waals surface area (Å²) in [6.07, 6.45) is -0.794. The van der Waals surface area contributed by atoms with E-state index < -0.39 is 28.1 Å². The standard InChI is InChI=1S/C18H27N3O5S/c1-12-10-13(2)16(14(3)11-12)27(24,25)21-8-6-20(7-9-21)15(4)17(22)19-18(23)26-5/h10-11,15H,6-9H2,1-5H3,(H,19,22,23)/p+1/t15-/m0/s1. The van der Waals surface area contributed by atoms with Crippen LogP contribution in [0.3, 0.4) is 0 Å². The molecule has 8 nitrogen and oxygen atoms in total. The first-order valence-electron chi connectivity index (χ1n) is 8.89. The Balaban J connectivity index is 2.09. The highest BCUT2D eigenvalue weighted by molar-refractivity contribution is 7.89. The van der Waals surface area contributed by atoms with Crippen LogP contribution in [0.2, 0.25) is 0 Å². The van der Waals surface area contributed by atoms with Crippen molar-refractivity contribution in [2.24, 2.45) is 0 Å². The number of aryl methyl sites for hydroxylation is 3. The molecule has 1 fully saturated rings. The first-order valence-corrected chi connectivity index (χ1v) is 10.3. The third-order valence-corrected chi connectivity index (χ3v) is 7.19. The molecule has 1 aliphatic heterocycles. The van der Waals surface area contributed by atoms with E-state index in [0.29, 0.717) is 31.1 Å². The Morgan fingerprint density at radius 3 is 2.15 bits per heavy atom. The van der Waals surface area contributed by atoms with Crippen LogP contribution in [0.1, 0.15) is 23.6 Å². The Kier molecular flexibility index (Phi) is 6.61. The molecule has 1 aromatic rings. The van der Waals surface area contributed by atoms with E-state index in [1.165, 1.54) is 11.4 Å². The Morgan fingerprint density at radius 1 is 1.15 bits per heavy atom. The Hall–Kier alpha value is -1.97. The molecule has 0 bridgehead atoms. The molecule has 150 valence electrons. The quantitative estimate of drug-likeness (QED) is 0.730.